The van der Waals surface area contributed by atoms with E-state index in [1.54, 1.807) is 6.07 Å². The molecule has 0 aliphatic rings. The second-order valence-electron chi connectivity index (χ2n) is 4.18. The number of thiophene rings is 1. The van der Waals surface area contributed by atoms with E-state index in [-0.39, 0.29) is 16.3 Å². The van der Waals surface area contributed by atoms with Gasteiger partial charge in [-0.1, -0.05) is 0 Å². The Morgan fingerprint density at radius 1 is 1.24 bits per heavy atom. The normalized spacial score (nSPS) is 10.8. The molecule has 8 heteroatoms. The average molecular weight is 306 g/mol. The molecule has 0 saturated heterocycles. The van der Waals surface area contributed by atoms with Gasteiger partial charge in [0.15, 0.2) is 11.6 Å². The molecular formula is C13H8F2N4OS. The highest BCUT2D eigenvalue weighted by Gasteiger charge is 2.17. The Morgan fingerprint density at radius 2 is 2.05 bits per heavy atom. The summed E-state index contributed by atoms with van der Waals surface area (Å²) in [6, 6.07) is 4.75. The topological polar surface area (TPSA) is 80.9 Å². The lowest BCUT2D eigenvalue weighted by molar-refractivity contribution is 0.103. The van der Waals surface area contributed by atoms with E-state index < -0.39 is 17.5 Å². The summed E-state index contributed by atoms with van der Waals surface area (Å²) >= 11 is 1.08. The molecule has 3 N–H and O–H groups in total. The van der Waals surface area contributed by atoms with Gasteiger partial charge in [-0.25, -0.2) is 8.78 Å². The fourth-order valence-corrected chi connectivity index (χ4v) is 2.74. The second kappa shape index (κ2) is 5.06. The van der Waals surface area contributed by atoms with Gasteiger partial charge in [-0.2, -0.15) is 5.10 Å². The van der Waals surface area contributed by atoms with E-state index in [4.69, 9.17) is 5.73 Å². The van der Waals surface area contributed by atoms with Gasteiger partial charge in [0.25, 0.3) is 5.91 Å². The summed E-state index contributed by atoms with van der Waals surface area (Å²) < 4.78 is 26.0. The lowest BCUT2D eigenvalue weighted by atomic mass is 10.2. The van der Waals surface area contributed by atoms with Crippen molar-refractivity contribution in [2.45, 2.75) is 0 Å². The van der Waals surface area contributed by atoms with Crippen molar-refractivity contribution >= 4 is 38.8 Å². The minimum absolute atomic E-state index is 0.141. The number of aromatic nitrogens is 2. The van der Waals surface area contributed by atoms with Crippen molar-refractivity contribution in [3.8, 4) is 0 Å². The second-order valence-corrected chi connectivity index (χ2v) is 5.18. The van der Waals surface area contributed by atoms with E-state index in [9.17, 15) is 13.6 Å². The van der Waals surface area contributed by atoms with Gasteiger partial charge in [0.1, 0.15) is 9.71 Å². The maximum Gasteiger partial charge on any atom is 0.267 e. The van der Waals surface area contributed by atoms with E-state index >= 15 is 0 Å². The molecule has 0 aliphatic carbocycles. The Morgan fingerprint density at radius 3 is 2.76 bits per heavy atom. The van der Waals surface area contributed by atoms with E-state index in [1.807, 2.05) is 0 Å². The van der Waals surface area contributed by atoms with Crippen LogP contribution in [0.5, 0.6) is 0 Å². The number of nitrogens with one attached hydrogen (secondary N) is 1. The lowest BCUT2D eigenvalue weighted by Gasteiger charge is -2.04. The van der Waals surface area contributed by atoms with Gasteiger partial charge >= 0.3 is 0 Å². The molecule has 21 heavy (non-hydrogen) atoms. The fourth-order valence-electron chi connectivity index (χ4n) is 1.80. The number of rotatable bonds is 2. The molecular weight excluding hydrogens is 298 g/mol. The van der Waals surface area contributed by atoms with Crippen LogP contribution in [0.25, 0.3) is 10.2 Å². The molecule has 0 atom stereocenters. The van der Waals surface area contributed by atoms with Gasteiger partial charge in [0.05, 0.1) is 11.9 Å². The Kier molecular flexibility index (Phi) is 3.22. The quantitative estimate of drug-likeness (QED) is 0.763. The van der Waals surface area contributed by atoms with Crippen LogP contribution in [0.3, 0.4) is 0 Å². The maximum absolute atomic E-state index is 13.1. The van der Waals surface area contributed by atoms with Crippen LogP contribution in [0.4, 0.5) is 20.2 Å². The van der Waals surface area contributed by atoms with Crippen LogP contribution in [0.1, 0.15) is 9.67 Å². The number of amides is 1. The van der Waals surface area contributed by atoms with E-state index in [1.165, 1.54) is 12.3 Å². The van der Waals surface area contributed by atoms with Crippen molar-refractivity contribution in [2.75, 3.05) is 11.1 Å². The molecule has 0 bridgehead atoms. The molecule has 1 aromatic carbocycles. The highest BCUT2D eigenvalue weighted by molar-refractivity contribution is 7.21. The van der Waals surface area contributed by atoms with Crippen LogP contribution in [0, 0.1) is 11.6 Å². The molecule has 2 aromatic heterocycles. The summed E-state index contributed by atoms with van der Waals surface area (Å²) in [5.41, 5.74) is 6.32. The van der Waals surface area contributed by atoms with E-state index in [0.29, 0.717) is 10.2 Å². The number of anilines is 2. The third-order valence-corrected chi connectivity index (χ3v) is 3.91. The number of hydrogen-bond acceptors (Lipinski definition) is 5. The summed E-state index contributed by atoms with van der Waals surface area (Å²) in [7, 11) is 0. The zero-order chi connectivity index (χ0) is 15.0. The van der Waals surface area contributed by atoms with Gasteiger partial charge in [-0.05, 0) is 18.2 Å². The van der Waals surface area contributed by atoms with Crippen LogP contribution in [0.15, 0.2) is 30.5 Å². The highest BCUT2D eigenvalue weighted by Crippen LogP contribution is 2.32. The minimum Gasteiger partial charge on any atom is -0.397 e. The first-order chi connectivity index (χ1) is 10.1. The highest BCUT2D eigenvalue weighted by atomic mass is 32.1. The average Bonchev–Trinajstić information content (AvgIpc) is 2.81. The molecule has 0 spiro atoms. The van der Waals surface area contributed by atoms with Crippen LogP contribution >= 0.6 is 11.3 Å². The van der Waals surface area contributed by atoms with Gasteiger partial charge < -0.3 is 11.1 Å². The first kappa shape index (κ1) is 13.4. The van der Waals surface area contributed by atoms with Crippen molar-refractivity contribution in [2.24, 2.45) is 0 Å². The monoisotopic (exact) mass is 306 g/mol. The predicted octanol–water partition coefficient (Wildman–Crippen LogP) is 2.80. The number of hydrogen-bond donors (Lipinski definition) is 2. The number of nitrogens with zero attached hydrogens (tertiary/aromatic N) is 2. The first-order valence-corrected chi connectivity index (χ1v) is 6.64. The number of fused-ring (bicyclic) bond motifs is 1. The first-order valence-electron chi connectivity index (χ1n) is 5.82. The molecule has 0 fully saturated rings. The largest absolute Gasteiger partial charge is 0.397 e. The Bertz CT molecular complexity index is 849. The molecule has 106 valence electrons. The molecule has 1 amide bonds. The summed E-state index contributed by atoms with van der Waals surface area (Å²) in [4.78, 5) is 12.9. The Hall–Kier alpha value is -2.61. The third-order valence-electron chi connectivity index (χ3n) is 2.80. The van der Waals surface area contributed by atoms with Crippen molar-refractivity contribution in [1.82, 2.24) is 10.2 Å². The summed E-state index contributed by atoms with van der Waals surface area (Å²) in [5.74, 6) is -2.53. The molecule has 0 radical (unpaired) electrons. The number of carbonyl (C=O) groups excluding carboxylic acids is 1. The molecule has 5 nitrogen and oxygen atoms in total. The standard InChI is InChI=1S/C13H8F2N4OS/c14-8-2-1-6(5-9(8)15)18-12(20)11-10(16)7-3-4-17-19-13(7)21-11/h1-5H,16H2,(H,18,20). The zero-order valence-corrected chi connectivity index (χ0v) is 11.2. The number of nitrogens with two attached hydrogens (primary N) is 1. The molecule has 0 saturated carbocycles. The predicted molar refractivity (Wildman–Crippen MR) is 76.1 cm³/mol. The SMILES string of the molecule is Nc1c(C(=O)Nc2ccc(F)c(F)c2)sc2nnccc12. The van der Waals surface area contributed by atoms with Gasteiger partial charge in [-0.3, -0.25) is 4.79 Å². The zero-order valence-electron chi connectivity index (χ0n) is 10.4. The van der Waals surface area contributed by atoms with Crippen molar-refractivity contribution < 1.29 is 13.6 Å². The molecule has 0 unspecified atom stereocenters. The van der Waals surface area contributed by atoms with Crippen molar-refractivity contribution in [3.05, 3.63) is 47.0 Å². The van der Waals surface area contributed by atoms with Gasteiger partial charge in [-0.15, -0.1) is 16.4 Å². The number of nitrogen functional groups attached to an aromatic ring is 1. The molecule has 3 rings (SSSR count). The molecule has 0 aliphatic heterocycles. The van der Waals surface area contributed by atoms with Crippen molar-refractivity contribution in [3.63, 3.8) is 0 Å². The van der Waals surface area contributed by atoms with E-state index in [0.717, 1.165) is 23.5 Å². The lowest BCUT2D eigenvalue weighted by Crippen LogP contribution is -2.12. The van der Waals surface area contributed by atoms with Gasteiger partial charge in [0.2, 0.25) is 0 Å². The van der Waals surface area contributed by atoms with E-state index in [2.05, 4.69) is 15.5 Å². The number of carbonyl (C=O) groups is 1. The van der Waals surface area contributed by atoms with Crippen LogP contribution in [0.2, 0.25) is 0 Å². The Balaban J connectivity index is 1.93. The third kappa shape index (κ3) is 2.40. The summed E-state index contributed by atoms with van der Waals surface area (Å²) in [6.07, 6.45) is 1.47. The smallest absolute Gasteiger partial charge is 0.267 e. The molecule has 2 heterocycles. The minimum atomic E-state index is -1.04. The number of halogens is 2. The van der Waals surface area contributed by atoms with Crippen LogP contribution in [-0.2, 0) is 0 Å². The maximum atomic E-state index is 13.1. The summed E-state index contributed by atoms with van der Waals surface area (Å²) in [6.45, 7) is 0. The fraction of sp³-hybridized carbons (Fsp3) is 0. The Labute approximate surface area is 121 Å². The number of benzene rings is 1. The van der Waals surface area contributed by atoms with Crippen LogP contribution in [-0.4, -0.2) is 16.1 Å². The molecule has 3 aromatic rings. The van der Waals surface area contributed by atoms with Gasteiger partial charge in [0, 0.05) is 17.1 Å². The van der Waals surface area contributed by atoms with Crippen molar-refractivity contribution in [1.29, 1.82) is 0 Å². The van der Waals surface area contributed by atoms with Crippen LogP contribution < -0.4 is 11.1 Å². The summed E-state index contributed by atoms with van der Waals surface area (Å²) in [5, 5.41) is 10.7.